The molecule has 194 valence electrons. The van der Waals surface area contributed by atoms with E-state index in [0.29, 0.717) is 32.6 Å². The molecule has 4 heterocycles. The summed E-state index contributed by atoms with van der Waals surface area (Å²) in [7, 11) is 1.76. The fourth-order valence-corrected chi connectivity index (χ4v) is 6.47. The Kier molecular flexibility index (Phi) is 7.71. The van der Waals surface area contributed by atoms with E-state index in [4.69, 9.17) is 9.84 Å². The Morgan fingerprint density at radius 3 is 2.37 bits per heavy atom. The van der Waals surface area contributed by atoms with Crippen molar-refractivity contribution in [3.05, 3.63) is 24.3 Å². The number of fused-ring (bicyclic) bond motifs is 2. The highest BCUT2D eigenvalue weighted by molar-refractivity contribution is 6.00. The minimum Gasteiger partial charge on any atom is -0.396 e. The number of hydrogen-bond donors (Lipinski definition) is 1. The zero-order valence-corrected chi connectivity index (χ0v) is 21.4. The summed E-state index contributed by atoms with van der Waals surface area (Å²) >= 11 is 0. The maximum Gasteiger partial charge on any atom is 0.249 e. The molecule has 1 unspecified atom stereocenters. The van der Waals surface area contributed by atoms with Crippen molar-refractivity contribution in [3.8, 4) is 0 Å². The summed E-state index contributed by atoms with van der Waals surface area (Å²) < 4.78 is 6.90. The van der Waals surface area contributed by atoms with Gasteiger partial charge in [0.2, 0.25) is 17.7 Å². The maximum atomic E-state index is 14.1. The van der Waals surface area contributed by atoms with Crippen LogP contribution >= 0.6 is 0 Å². The summed E-state index contributed by atoms with van der Waals surface area (Å²) in [6.07, 6.45) is 13.5. The van der Waals surface area contributed by atoms with Gasteiger partial charge in [-0.1, -0.05) is 57.4 Å². The number of ether oxygens (including phenoxy) is 1. The highest BCUT2D eigenvalue weighted by Gasteiger charge is 2.75. The number of unbranched alkanes of at least 4 members (excludes halogenated alkanes) is 4. The Labute approximate surface area is 208 Å². The Morgan fingerprint density at radius 2 is 1.66 bits per heavy atom. The maximum absolute atomic E-state index is 14.1. The first kappa shape index (κ1) is 25.9. The van der Waals surface area contributed by atoms with Crippen molar-refractivity contribution in [1.29, 1.82) is 0 Å². The van der Waals surface area contributed by atoms with E-state index in [1.807, 2.05) is 36.1 Å². The van der Waals surface area contributed by atoms with E-state index in [-0.39, 0.29) is 24.3 Å². The molecule has 1 N–H and O–H groups in total. The van der Waals surface area contributed by atoms with Crippen molar-refractivity contribution in [3.63, 3.8) is 0 Å². The van der Waals surface area contributed by atoms with Gasteiger partial charge in [0.15, 0.2) is 0 Å². The zero-order chi connectivity index (χ0) is 25.2. The first-order valence-electron chi connectivity index (χ1n) is 13.4. The van der Waals surface area contributed by atoms with Crippen LogP contribution < -0.4 is 0 Å². The highest BCUT2D eigenvalue weighted by Crippen LogP contribution is 2.58. The summed E-state index contributed by atoms with van der Waals surface area (Å²) in [5.41, 5.74) is -2.06. The Bertz CT molecular complexity index is 888. The third-order valence-corrected chi connectivity index (χ3v) is 8.31. The van der Waals surface area contributed by atoms with E-state index < -0.39 is 29.1 Å². The summed E-state index contributed by atoms with van der Waals surface area (Å²) in [4.78, 5) is 47.0. The molecule has 0 aliphatic carbocycles. The van der Waals surface area contributed by atoms with Gasteiger partial charge in [0.05, 0.1) is 17.4 Å². The fraction of sp³-hybridized carbons (Fsp3) is 0.741. The number of likely N-dealkylation sites (N-methyl/N-ethyl adjacent to an activating group) is 1. The van der Waals surface area contributed by atoms with Crippen molar-refractivity contribution >= 4 is 17.7 Å². The van der Waals surface area contributed by atoms with Crippen molar-refractivity contribution in [1.82, 2.24) is 14.7 Å². The zero-order valence-electron chi connectivity index (χ0n) is 21.4. The normalized spacial score (nSPS) is 34.2. The summed E-state index contributed by atoms with van der Waals surface area (Å²) in [6.45, 7) is 6.29. The molecule has 1 spiro atoms. The standard InChI is InChI=1S/C27H41N3O5/c1-4-6-16-29-17-12-14-27-21(20-23(32)28(3)15-11-13-26(20,5-2)35-27)24(33)30(22(27)25(29)34)18-9-7-8-10-19-31/h11-14,20-22,31H,4-10,15-19H2,1-3H3/t20-,21-,22?,26+,27-/m0/s1. The van der Waals surface area contributed by atoms with Gasteiger partial charge in [-0.25, -0.2) is 0 Å². The second-order valence-electron chi connectivity index (χ2n) is 10.5. The van der Waals surface area contributed by atoms with Gasteiger partial charge in [0, 0.05) is 39.8 Å². The molecule has 4 aliphatic heterocycles. The highest BCUT2D eigenvalue weighted by atomic mass is 16.5. The first-order chi connectivity index (χ1) is 16.9. The molecule has 8 heteroatoms. The number of nitrogens with zero attached hydrogens (tertiary/aromatic N) is 3. The second-order valence-corrected chi connectivity index (χ2v) is 10.5. The Morgan fingerprint density at radius 1 is 0.914 bits per heavy atom. The van der Waals surface area contributed by atoms with Crippen molar-refractivity contribution < 1.29 is 24.2 Å². The van der Waals surface area contributed by atoms with E-state index in [1.165, 1.54) is 0 Å². The van der Waals surface area contributed by atoms with Crippen LogP contribution in [0, 0.1) is 11.8 Å². The van der Waals surface area contributed by atoms with Crippen LogP contribution in [0.4, 0.5) is 0 Å². The smallest absolute Gasteiger partial charge is 0.249 e. The van der Waals surface area contributed by atoms with Gasteiger partial charge < -0.3 is 24.5 Å². The second kappa shape index (κ2) is 10.4. The molecular weight excluding hydrogens is 446 g/mol. The molecule has 4 rings (SSSR count). The quantitative estimate of drug-likeness (QED) is 0.377. The molecule has 0 bridgehead atoms. The Hall–Kier alpha value is -2.19. The van der Waals surface area contributed by atoms with Crippen LogP contribution in [-0.2, 0) is 19.1 Å². The molecule has 3 amide bonds. The van der Waals surface area contributed by atoms with Gasteiger partial charge >= 0.3 is 0 Å². The summed E-state index contributed by atoms with van der Waals surface area (Å²) in [5.74, 6) is -1.71. The largest absolute Gasteiger partial charge is 0.396 e. The predicted octanol–water partition coefficient (Wildman–Crippen LogP) is 2.13. The summed E-state index contributed by atoms with van der Waals surface area (Å²) in [5, 5.41) is 9.09. The molecule has 0 aromatic rings. The molecule has 8 nitrogen and oxygen atoms in total. The van der Waals surface area contributed by atoms with Crippen LogP contribution in [0.25, 0.3) is 0 Å². The van der Waals surface area contributed by atoms with Gasteiger partial charge in [0.1, 0.15) is 11.6 Å². The van der Waals surface area contributed by atoms with E-state index in [0.717, 1.165) is 38.5 Å². The van der Waals surface area contributed by atoms with Crippen molar-refractivity contribution in [2.75, 3.05) is 39.8 Å². The van der Waals surface area contributed by atoms with Crippen molar-refractivity contribution in [2.24, 2.45) is 11.8 Å². The number of aliphatic hydroxyl groups is 1. The van der Waals surface area contributed by atoms with Crippen LogP contribution in [0.15, 0.2) is 24.3 Å². The number of carbonyl (C=O) groups excluding carboxylic acids is 3. The number of hydrogen-bond acceptors (Lipinski definition) is 5. The molecule has 0 aromatic heterocycles. The van der Waals surface area contributed by atoms with Gasteiger partial charge in [-0.05, 0) is 25.7 Å². The topological polar surface area (TPSA) is 90.4 Å². The lowest BCUT2D eigenvalue weighted by Crippen LogP contribution is -2.56. The van der Waals surface area contributed by atoms with Crippen molar-refractivity contribution in [2.45, 2.75) is 76.0 Å². The molecule has 0 aromatic carbocycles. The van der Waals surface area contributed by atoms with Crippen LogP contribution in [0.5, 0.6) is 0 Å². The Balaban J connectivity index is 1.75. The SMILES string of the molecule is CCCCN1CC=C[C@]23O[C@]4(CC)C=CCN(C)C(=O)[C@@H]4[C@H]2C(=O)N(CCCCCCO)C3C1=O. The molecule has 0 saturated carbocycles. The molecule has 0 radical (unpaired) electrons. The molecular formula is C27H41N3O5. The first-order valence-corrected chi connectivity index (χ1v) is 13.4. The number of carbonyl (C=O) groups is 3. The number of rotatable bonds is 10. The molecule has 5 atom stereocenters. The third-order valence-electron chi connectivity index (χ3n) is 8.31. The van der Waals surface area contributed by atoms with Crippen LogP contribution in [-0.4, -0.2) is 94.6 Å². The van der Waals surface area contributed by atoms with Crippen LogP contribution in [0.2, 0.25) is 0 Å². The predicted molar refractivity (Wildman–Crippen MR) is 132 cm³/mol. The van der Waals surface area contributed by atoms with E-state index >= 15 is 0 Å². The molecule has 2 fully saturated rings. The molecule has 2 saturated heterocycles. The van der Waals surface area contributed by atoms with E-state index in [9.17, 15) is 14.4 Å². The van der Waals surface area contributed by atoms with E-state index in [2.05, 4.69) is 6.92 Å². The number of aliphatic hydroxyl groups excluding tert-OH is 1. The van der Waals surface area contributed by atoms with Gasteiger partial charge in [-0.15, -0.1) is 0 Å². The lowest BCUT2D eigenvalue weighted by molar-refractivity contribution is -0.154. The van der Waals surface area contributed by atoms with Crippen LogP contribution in [0.3, 0.4) is 0 Å². The molecule has 4 aliphatic rings. The fourth-order valence-electron chi connectivity index (χ4n) is 6.47. The minimum atomic E-state index is -1.15. The summed E-state index contributed by atoms with van der Waals surface area (Å²) in [6, 6.07) is -0.768. The third kappa shape index (κ3) is 4.22. The van der Waals surface area contributed by atoms with E-state index in [1.54, 1.807) is 16.8 Å². The number of amides is 3. The number of likely N-dealkylation sites (tertiary alicyclic amines) is 1. The average Bonchev–Trinajstić information content (AvgIpc) is 3.15. The van der Waals surface area contributed by atoms with Gasteiger partial charge in [-0.2, -0.15) is 0 Å². The van der Waals surface area contributed by atoms with Gasteiger partial charge in [0.25, 0.3) is 0 Å². The minimum absolute atomic E-state index is 0.0813. The van der Waals surface area contributed by atoms with Crippen LogP contribution in [0.1, 0.15) is 58.8 Å². The van der Waals surface area contributed by atoms with Gasteiger partial charge in [-0.3, -0.25) is 14.4 Å². The monoisotopic (exact) mass is 487 g/mol. The lowest BCUT2D eigenvalue weighted by Gasteiger charge is -2.38. The molecule has 35 heavy (non-hydrogen) atoms. The average molecular weight is 488 g/mol. The lowest BCUT2D eigenvalue weighted by atomic mass is 9.73.